The molecule has 1 fully saturated rings. The van der Waals surface area contributed by atoms with E-state index >= 15 is 0 Å². The van der Waals surface area contributed by atoms with Gasteiger partial charge in [-0.05, 0) is 43.9 Å². The van der Waals surface area contributed by atoms with Gasteiger partial charge in [0.25, 0.3) is 0 Å². The van der Waals surface area contributed by atoms with Gasteiger partial charge in [0.1, 0.15) is 11.5 Å². The zero-order valence-electron chi connectivity index (χ0n) is 12.7. The van der Waals surface area contributed by atoms with Crippen molar-refractivity contribution in [2.75, 3.05) is 13.7 Å². The number of aliphatic hydroxyl groups excluding tert-OH is 1. The molecule has 0 saturated heterocycles. The van der Waals surface area contributed by atoms with E-state index in [1.54, 1.807) is 7.11 Å². The summed E-state index contributed by atoms with van der Waals surface area (Å²) < 4.78 is 16.7. The normalized spacial score (nSPS) is 15.2. The van der Waals surface area contributed by atoms with Crippen molar-refractivity contribution in [3.05, 3.63) is 30.0 Å². The first-order valence-electron chi connectivity index (χ1n) is 7.71. The van der Waals surface area contributed by atoms with E-state index < -0.39 is 0 Å². The summed E-state index contributed by atoms with van der Waals surface area (Å²) in [4.78, 5) is 0. The lowest BCUT2D eigenvalue weighted by molar-refractivity contribution is 0.201. The first-order valence-corrected chi connectivity index (χ1v) is 7.71. The minimum Gasteiger partial charge on any atom is -0.493 e. The van der Waals surface area contributed by atoms with Crippen LogP contribution in [-0.4, -0.2) is 30.1 Å². The second-order valence-electron chi connectivity index (χ2n) is 5.54. The molecule has 0 atom stereocenters. The molecule has 1 N–H and O–H groups in total. The van der Waals surface area contributed by atoms with E-state index in [1.165, 1.54) is 12.8 Å². The molecule has 2 aromatic rings. The van der Waals surface area contributed by atoms with Gasteiger partial charge in [0.05, 0.1) is 19.8 Å². The summed E-state index contributed by atoms with van der Waals surface area (Å²) in [6, 6.07) is 7.61. The lowest BCUT2D eigenvalue weighted by Gasteiger charge is -2.16. The number of aromatic nitrogens is 1. The minimum absolute atomic E-state index is 0.0489. The van der Waals surface area contributed by atoms with Gasteiger partial charge < -0.3 is 19.1 Å². The van der Waals surface area contributed by atoms with Crippen LogP contribution < -0.4 is 9.47 Å². The lowest BCUT2D eigenvalue weighted by Crippen LogP contribution is -2.11. The largest absolute Gasteiger partial charge is 0.493 e. The number of nitrogens with zero attached hydrogens (tertiary/aromatic N) is 1. The molecule has 5 heteroatoms. The summed E-state index contributed by atoms with van der Waals surface area (Å²) in [6.45, 7) is 0.0489. The predicted molar refractivity (Wildman–Crippen MR) is 82.2 cm³/mol. The van der Waals surface area contributed by atoms with Crippen molar-refractivity contribution in [3.63, 3.8) is 0 Å². The molecule has 118 valence electrons. The number of methoxy groups -OCH3 is 1. The van der Waals surface area contributed by atoms with E-state index in [9.17, 15) is 0 Å². The first-order chi connectivity index (χ1) is 10.8. The minimum atomic E-state index is 0.0489. The van der Waals surface area contributed by atoms with Crippen molar-refractivity contribution in [1.29, 1.82) is 0 Å². The predicted octanol–water partition coefficient (Wildman–Crippen LogP) is 3.21. The SMILES string of the molecule is COc1ccc(-c2cc(CCO)on2)cc1OC1CCCC1. The fourth-order valence-electron chi connectivity index (χ4n) is 2.79. The number of aliphatic hydroxyl groups is 1. The van der Waals surface area contributed by atoms with Crippen molar-refractivity contribution in [1.82, 2.24) is 5.16 Å². The van der Waals surface area contributed by atoms with Crippen LogP contribution in [0.1, 0.15) is 31.4 Å². The Morgan fingerprint density at radius 3 is 2.77 bits per heavy atom. The van der Waals surface area contributed by atoms with Crippen molar-refractivity contribution in [2.24, 2.45) is 0 Å². The van der Waals surface area contributed by atoms with Gasteiger partial charge >= 0.3 is 0 Å². The quantitative estimate of drug-likeness (QED) is 0.887. The molecular weight excluding hydrogens is 282 g/mol. The van der Waals surface area contributed by atoms with Gasteiger partial charge in [0, 0.05) is 18.1 Å². The van der Waals surface area contributed by atoms with Gasteiger partial charge in [0.15, 0.2) is 11.5 Å². The molecule has 3 rings (SSSR count). The van der Waals surface area contributed by atoms with E-state index in [0.29, 0.717) is 12.2 Å². The molecule has 0 radical (unpaired) electrons. The van der Waals surface area contributed by atoms with Crippen LogP contribution in [0.25, 0.3) is 11.3 Å². The van der Waals surface area contributed by atoms with Crippen LogP contribution in [-0.2, 0) is 6.42 Å². The maximum Gasteiger partial charge on any atom is 0.162 e. The Balaban J connectivity index is 1.84. The highest BCUT2D eigenvalue weighted by Crippen LogP contribution is 2.35. The molecule has 0 amide bonds. The Hall–Kier alpha value is -2.01. The van der Waals surface area contributed by atoms with E-state index in [2.05, 4.69) is 5.16 Å². The second kappa shape index (κ2) is 6.83. The highest BCUT2D eigenvalue weighted by Gasteiger charge is 2.19. The van der Waals surface area contributed by atoms with Crippen LogP contribution in [0, 0.1) is 0 Å². The molecule has 0 bridgehead atoms. The number of hydrogen-bond donors (Lipinski definition) is 1. The molecule has 1 aliphatic carbocycles. The molecule has 1 saturated carbocycles. The van der Waals surface area contributed by atoms with Crippen LogP contribution >= 0.6 is 0 Å². The van der Waals surface area contributed by atoms with Crippen molar-refractivity contribution < 1.29 is 19.1 Å². The molecule has 1 aliphatic rings. The van der Waals surface area contributed by atoms with Crippen molar-refractivity contribution in [3.8, 4) is 22.8 Å². The van der Waals surface area contributed by atoms with Crippen molar-refractivity contribution >= 4 is 0 Å². The van der Waals surface area contributed by atoms with Crippen LogP contribution in [0.15, 0.2) is 28.8 Å². The molecule has 0 unspecified atom stereocenters. The van der Waals surface area contributed by atoms with Crippen LogP contribution in [0.5, 0.6) is 11.5 Å². The topological polar surface area (TPSA) is 64.7 Å². The van der Waals surface area contributed by atoms with Gasteiger partial charge in [0.2, 0.25) is 0 Å². The van der Waals surface area contributed by atoms with E-state index in [-0.39, 0.29) is 12.7 Å². The molecule has 5 nitrogen and oxygen atoms in total. The van der Waals surface area contributed by atoms with Gasteiger partial charge in [-0.2, -0.15) is 0 Å². The number of benzene rings is 1. The maximum atomic E-state index is 8.95. The second-order valence-corrected chi connectivity index (χ2v) is 5.54. The number of rotatable bonds is 6. The molecule has 0 spiro atoms. The van der Waals surface area contributed by atoms with Crippen molar-refractivity contribution in [2.45, 2.75) is 38.2 Å². The Labute approximate surface area is 129 Å². The third-order valence-corrected chi connectivity index (χ3v) is 3.97. The van der Waals surface area contributed by atoms with Crippen LogP contribution in [0.2, 0.25) is 0 Å². The average molecular weight is 303 g/mol. The fraction of sp³-hybridized carbons (Fsp3) is 0.471. The summed E-state index contributed by atoms with van der Waals surface area (Å²) in [5, 5.41) is 13.0. The van der Waals surface area contributed by atoms with E-state index in [0.717, 1.165) is 35.6 Å². The summed E-state index contributed by atoms with van der Waals surface area (Å²) in [5.74, 6) is 2.15. The third kappa shape index (κ3) is 3.25. The first kappa shape index (κ1) is 14.9. The Morgan fingerprint density at radius 1 is 1.23 bits per heavy atom. The average Bonchev–Trinajstić information content (AvgIpc) is 3.19. The standard InChI is InChI=1S/C17H21NO4/c1-20-16-7-6-12(15-11-14(8-9-19)22-18-15)10-17(16)21-13-4-2-3-5-13/h6-7,10-11,13,19H,2-5,8-9H2,1H3. The molecular formula is C17H21NO4. The summed E-state index contributed by atoms with van der Waals surface area (Å²) in [6.07, 6.45) is 5.37. The van der Waals surface area contributed by atoms with Gasteiger partial charge in [-0.1, -0.05) is 5.16 Å². The molecule has 1 heterocycles. The summed E-state index contributed by atoms with van der Waals surface area (Å²) in [5.41, 5.74) is 1.66. The molecule has 0 aliphatic heterocycles. The zero-order valence-corrected chi connectivity index (χ0v) is 12.7. The summed E-state index contributed by atoms with van der Waals surface area (Å²) >= 11 is 0. The Bertz CT molecular complexity index is 617. The lowest BCUT2D eigenvalue weighted by atomic mass is 10.1. The van der Waals surface area contributed by atoms with Gasteiger partial charge in [-0.15, -0.1) is 0 Å². The fourth-order valence-corrected chi connectivity index (χ4v) is 2.79. The summed E-state index contributed by atoms with van der Waals surface area (Å²) in [7, 11) is 1.64. The number of ether oxygens (including phenoxy) is 2. The van der Waals surface area contributed by atoms with E-state index in [4.69, 9.17) is 19.1 Å². The van der Waals surface area contributed by atoms with Gasteiger partial charge in [-0.3, -0.25) is 0 Å². The Morgan fingerprint density at radius 2 is 2.05 bits per heavy atom. The number of hydrogen-bond acceptors (Lipinski definition) is 5. The van der Waals surface area contributed by atoms with E-state index in [1.807, 2.05) is 24.3 Å². The molecule has 1 aromatic carbocycles. The highest BCUT2D eigenvalue weighted by molar-refractivity contribution is 5.63. The Kier molecular flexibility index (Phi) is 4.63. The maximum absolute atomic E-state index is 8.95. The molecule has 1 aromatic heterocycles. The molecule has 22 heavy (non-hydrogen) atoms. The smallest absolute Gasteiger partial charge is 0.162 e. The van der Waals surface area contributed by atoms with Crippen LogP contribution in [0.4, 0.5) is 0 Å². The third-order valence-electron chi connectivity index (χ3n) is 3.97. The highest BCUT2D eigenvalue weighted by atomic mass is 16.5. The zero-order chi connectivity index (χ0) is 15.4. The van der Waals surface area contributed by atoms with Crippen LogP contribution in [0.3, 0.4) is 0 Å². The van der Waals surface area contributed by atoms with Gasteiger partial charge in [-0.25, -0.2) is 0 Å². The monoisotopic (exact) mass is 303 g/mol.